The zero-order chi connectivity index (χ0) is 20.1. The van der Waals surface area contributed by atoms with Gasteiger partial charge in [0.2, 0.25) is 0 Å². The zero-order valence-corrected chi connectivity index (χ0v) is 15.6. The maximum absolute atomic E-state index is 12.8. The highest BCUT2D eigenvalue weighted by Gasteiger charge is 2.31. The molecule has 0 atom stereocenters. The van der Waals surface area contributed by atoms with Gasteiger partial charge in [-0.3, -0.25) is 4.90 Å². The minimum atomic E-state index is -4.52. The number of rotatable bonds is 4. The van der Waals surface area contributed by atoms with Crippen LogP contribution in [0.25, 0.3) is 0 Å². The zero-order valence-electron chi connectivity index (χ0n) is 14.9. The van der Waals surface area contributed by atoms with Gasteiger partial charge in [-0.2, -0.15) is 13.2 Å². The van der Waals surface area contributed by atoms with E-state index in [2.05, 4.69) is 15.5 Å². The first kappa shape index (κ1) is 20.4. The van der Waals surface area contributed by atoms with E-state index in [1.165, 1.54) is 0 Å². The molecule has 0 saturated carbocycles. The van der Waals surface area contributed by atoms with E-state index in [0.29, 0.717) is 5.69 Å². The number of nitrogens with zero attached hydrogens (tertiary/aromatic N) is 1. The first-order chi connectivity index (χ1) is 13.3. The number of morpholine rings is 1. The van der Waals surface area contributed by atoms with E-state index in [1.807, 2.05) is 12.1 Å². The van der Waals surface area contributed by atoms with Crippen molar-refractivity contribution < 1.29 is 22.7 Å². The predicted molar refractivity (Wildman–Crippen MR) is 102 cm³/mol. The van der Waals surface area contributed by atoms with Gasteiger partial charge in [0, 0.05) is 25.3 Å². The quantitative estimate of drug-likeness (QED) is 0.754. The number of anilines is 2. The summed E-state index contributed by atoms with van der Waals surface area (Å²) in [6, 6.07) is 9.34. The smallest absolute Gasteiger partial charge is 0.379 e. The van der Waals surface area contributed by atoms with Gasteiger partial charge in [-0.25, -0.2) is 4.79 Å². The molecule has 0 bridgehead atoms. The number of urea groups is 1. The highest BCUT2D eigenvalue weighted by atomic mass is 35.5. The second-order valence-electron chi connectivity index (χ2n) is 6.36. The van der Waals surface area contributed by atoms with Crippen molar-refractivity contribution >= 4 is 29.0 Å². The van der Waals surface area contributed by atoms with E-state index >= 15 is 0 Å². The van der Waals surface area contributed by atoms with E-state index in [-0.39, 0.29) is 10.7 Å². The van der Waals surface area contributed by atoms with Gasteiger partial charge >= 0.3 is 12.2 Å². The number of halogens is 4. The molecular weight excluding hydrogens is 395 g/mol. The predicted octanol–water partition coefficient (Wildman–Crippen LogP) is 4.84. The topological polar surface area (TPSA) is 53.6 Å². The Bertz CT molecular complexity index is 822. The number of carbonyl (C=O) groups is 1. The molecule has 1 saturated heterocycles. The fourth-order valence-corrected chi connectivity index (χ4v) is 2.96. The van der Waals surface area contributed by atoms with Crippen LogP contribution in [0.2, 0.25) is 5.02 Å². The van der Waals surface area contributed by atoms with Gasteiger partial charge in [-0.1, -0.05) is 23.7 Å². The van der Waals surface area contributed by atoms with Crippen LogP contribution in [0.4, 0.5) is 29.3 Å². The first-order valence-electron chi connectivity index (χ1n) is 8.65. The van der Waals surface area contributed by atoms with Gasteiger partial charge in [0.05, 0.1) is 29.5 Å². The Morgan fingerprint density at radius 1 is 1.07 bits per heavy atom. The molecule has 150 valence electrons. The summed E-state index contributed by atoms with van der Waals surface area (Å²) in [7, 11) is 0. The van der Waals surface area contributed by atoms with Crippen LogP contribution in [-0.4, -0.2) is 37.2 Å². The highest BCUT2D eigenvalue weighted by molar-refractivity contribution is 6.33. The van der Waals surface area contributed by atoms with Crippen molar-refractivity contribution in [2.75, 3.05) is 36.9 Å². The number of carbonyl (C=O) groups excluding carboxylic acids is 1. The number of alkyl halides is 3. The average molecular weight is 414 g/mol. The van der Waals surface area contributed by atoms with Crippen LogP contribution in [0.1, 0.15) is 11.1 Å². The monoisotopic (exact) mass is 413 g/mol. The molecule has 0 aromatic heterocycles. The molecule has 2 aromatic rings. The molecule has 2 aromatic carbocycles. The number of ether oxygens (including phenoxy) is 1. The van der Waals surface area contributed by atoms with Crippen LogP contribution in [0.15, 0.2) is 42.5 Å². The minimum absolute atomic E-state index is 0.0176. The second kappa shape index (κ2) is 8.81. The molecule has 3 rings (SSSR count). The third-order valence-corrected chi connectivity index (χ3v) is 4.59. The standard InChI is InChI=1S/C19H19ClF3N3O2/c20-16-6-3-14(19(21,22)23)11-17(16)25-18(27)24-15-4-1-13(2-5-15)12-26-7-9-28-10-8-26/h1-6,11H,7-10,12H2,(H2,24,25,27). The molecule has 1 aliphatic rings. The molecule has 28 heavy (non-hydrogen) atoms. The maximum Gasteiger partial charge on any atom is 0.416 e. The van der Waals surface area contributed by atoms with Crippen LogP contribution in [0.5, 0.6) is 0 Å². The summed E-state index contributed by atoms with van der Waals surface area (Å²) >= 11 is 5.88. The number of hydrogen-bond donors (Lipinski definition) is 2. The van der Waals surface area contributed by atoms with Gasteiger partial charge in [-0.15, -0.1) is 0 Å². The summed E-state index contributed by atoms with van der Waals surface area (Å²) in [5.74, 6) is 0. The van der Waals surface area contributed by atoms with Crippen molar-refractivity contribution in [1.82, 2.24) is 4.90 Å². The fourth-order valence-electron chi connectivity index (χ4n) is 2.79. The van der Waals surface area contributed by atoms with Gasteiger partial charge in [0.1, 0.15) is 0 Å². The van der Waals surface area contributed by atoms with E-state index < -0.39 is 17.8 Å². The normalized spacial score (nSPS) is 15.3. The molecule has 1 heterocycles. The molecule has 0 unspecified atom stereocenters. The minimum Gasteiger partial charge on any atom is -0.379 e. The van der Waals surface area contributed by atoms with E-state index in [0.717, 1.165) is 56.6 Å². The van der Waals surface area contributed by atoms with Gasteiger partial charge in [0.15, 0.2) is 0 Å². The highest BCUT2D eigenvalue weighted by Crippen LogP contribution is 2.33. The molecule has 2 N–H and O–H groups in total. The molecule has 1 fully saturated rings. The molecule has 2 amide bonds. The Morgan fingerprint density at radius 2 is 1.75 bits per heavy atom. The Labute approximate surface area is 165 Å². The maximum atomic E-state index is 12.8. The fraction of sp³-hybridized carbons (Fsp3) is 0.316. The first-order valence-corrected chi connectivity index (χ1v) is 9.03. The van der Waals surface area contributed by atoms with E-state index in [9.17, 15) is 18.0 Å². The lowest BCUT2D eigenvalue weighted by Gasteiger charge is -2.26. The largest absolute Gasteiger partial charge is 0.416 e. The van der Waals surface area contributed by atoms with E-state index in [4.69, 9.17) is 16.3 Å². The Kier molecular flexibility index (Phi) is 6.43. The molecule has 9 heteroatoms. The van der Waals surface area contributed by atoms with Crippen LogP contribution in [-0.2, 0) is 17.5 Å². The third kappa shape index (κ3) is 5.60. The SMILES string of the molecule is O=C(Nc1ccc(CN2CCOCC2)cc1)Nc1cc(C(F)(F)F)ccc1Cl. The van der Waals surface area contributed by atoms with Crippen molar-refractivity contribution in [1.29, 1.82) is 0 Å². The summed E-state index contributed by atoms with van der Waals surface area (Å²) in [4.78, 5) is 14.4. The lowest BCUT2D eigenvalue weighted by molar-refractivity contribution is -0.137. The molecule has 1 aliphatic heterocycles. The van der Waals surface area contributed by atoms with Crippen LogP contribution in [0, 0.1) is 0 Å². The Hall–Kier alpha value is -2.29. The number of benzene rings is 2. The third-order valence-electron chi connectivity index (χ3n) is 4.26. The molecule has 5 nitrogen and oxygen atoms in total. The Morgan fingerprint density at radius 3 is 2.39 bits per heavy atom. The van der Waals surface area contributed by atoms with Gasteiger partial charge in [0.25, 0.3) is 0 Å². The summed E-state index contributed by atoms with van der Waals surface area (Å²) in [6.45, 7) is 3.98. The lowest BCUT2D eigenvalue weighted by atomic mass is 10.2. The molecule has 0 aliphatic carbocycles. The van der Waals surface area contributed by atoms with Crippen molar-refractivity contribution in [3.63, 3.8) is 0 Å². The van der Waals surface area contributed by atoms with Gasteiger partial charge in [-0.05, 0) is 35.9 Å². The van der Waals surface area contributed by atoms with Crippen molar-refractivity contribution in [2.24, 2.45) is 0 Å². The lowest BCUT2D eigenvalue weighted by Crippen LogP contribution is -2.35. The number of amides is 2. The number of nitrogens with one attached hydrogen (secondary N) is 2. The second-order valence-corrected chi connectivity index (χ2v) is 6.76. The van der Waals surface area contributed by atoms with Crippen molar-refractivity contribution in [3.05, 3.63) is 58.6 Å². The molecule has 0 spiro atoms. The van der Waals surface area contributed by atoms with Crippen LogP contribution < -0.4 is 10.6 Å². The summed E-state index contributed by atoms with van der Waals surface area (Å²) in [5.41, 5.74) is 0.609. The van der Waals surface area contributed by atoms with Crippen molar-refractivity contribution in [2.45, 2.75) is 12.7 Å². The Balaban J connectivity index is 1.59. The summed E-state index contributed by atoms with van der Waals surface area (Å²) in [6.07, 6.45) is -4.52. The average Bonchev–Trinajstić information content (AvgIpc) is 2.65. The summed E-state index contributed by atoms with van der Waals surface area (Å²) < 4.78 is 43.7. The van der Waals surface area contributed by atoms with E-state index in [1.54, 1.807) is 12.1 Å². The van der Waals surface area contributed by atoms with Crippen LogP contribution >= 0.6 is 11.6 Å². The van der Waals surface area contributed by atoms with Crippen molar-refractivity contribution in [3.8, 4) is 0 Å². The molecule has 0 radical (unpaired) electrons. The summed E-state index contributed by atoms with van der Waals surface area (Å²) in [5, 5.41) is 4.95. The van der Waals surface area contributed by atoms with Crippen LogP contribution in [0.3, 0.4) is 0 Å². The van der Waals surface area contributed by atoms with Gasteiger partial charge < -0.3 is 15.4 Å². The number of hydrogen-bond acceptors (Lipinski definition) is 3. The molecular formula is C19H19ClF3N3O2.